The smallest absolute Gasteiger partial charge is 0.261 e. The number of carbonyl (C=O) groups is 2. The zero-order chi connectivity index (χ0) is 16.2. The van der Waals surface area contributed by atoms with E-state index in [1.165, 1.54) is 16.9 Å². The lowest BCUT2D eigenvalue weighted by Gasteiger charge is -2.14. The van der Waals surface area contributed by atoms with Crippen LogP contribution in [0.4, 0.5) is 0 Å². The highest BCUT2D eigenvalue weighted by Gasteiger charge is 2.34. The minimum atomic E-state index is -0.198. The molecule has 2 aromatic rings. The molecule has 0 bridgehead atoms. The van der Waals surface area contributed by atoms with Crippen LogP contribution in [0.2, 0.25) is 0 Å². The number of carbonyl (C=O) groups excluding carboxylic acids is 2. The molecule has 0 radical (unpaired) electrons. The first-order chi connectivity index (χ1) is 11.2. The number of rotatable bonds is 6. The SMILES string of the molecule is CCCSCc1cccc(CN2C(=O)c3ccccc3C2=O)c1. The summed E-state index contributed by atoms with van der Waals surface area (Å²) in [6.07, 6.45) is 1.17. The van der Waals surface area contributed by atoms with Gasteiger partial charge in [0.25, 0.3) is 11.8 Å². The molecule has 0 saturated heterocycles. The summed E-state index contributed by atoms with van der Waals surface area (Å²) in [5.41, 5.74) is 3.24. The van der Waals surface area contributed by atoms with Gasteiger partial charge < -0.3 is 0 Å². The molecule has 1 aliphatic heterocycles. The molecule has 0 atom stereocenters. The van der Waals surface area contributed by atoms with Crippen LogP contribution in [0.3, 0.4) is 0 Å². The van der Waals surface area contributed by atoms with E-state index < -0.39 is 0 Å². The molecule has 1 aliphatic rings. The molecule has 0 spiro atoms. The molecule has 3 rings (SSSR count). The average Bonchev–Trinajstić information content (AvgIpc) is 2.81. The van der Waals surface area contributed by atoms with Crippen LogP contribution in [-0.2, 0) is 12.3 Å². The number of imide groups is 1. The van der Waals surface area contributed by atoms with Crippen LogP contribution < -0.4 is 0 Å². The predicted octanol–water partition coefficient (Wildman–Crippen LogP) is 4.13. The molecule has 2 aromatic carbocycles. The first-order valence-corrected chi connectivity index (χ1v) is 8.97. The molecule has 2 amide bonds. The van der Waals surface area contributed by atoms with Crippen molar-refractivity contribution in [2.24, 2.45) is 0 Å². The highest BCUT2D eigenvalue weighted by molar-refractivity contribution is 7.98. The molecule has 23 heavy (non-hydrogen) atoms. The van der Waals surface area contributed by atoms with Crippen LogP contribution >= 0.6 is 11.8 Å². The Labute approximate surface area is 140 Å². The molecule has 0 fully saturated rings. The largest absolute Gasteiger partial charge is 0.270 e. The van der Waals surface area contributed by atoms with Crippen molar-refractivity contribution in [3.05, 3.63) is 70.8 Å². The van der Waals surface area contributed by atoms with E-state index >= 15 is 0 Å². The third-order valence-corrected chi connectivity index (χ3v) is 5.06. The summed E-state index contributed by atoms with van der Waals surface area (Å²) in [6, 6.07) is 15.2. The van der Waals surface area contributed by atoms with Crippen molar-refractivity contribution in [2.45, 2.75) is 25.6 Å². The van der Waals surface area contributed by atoms with Crippen molar-refractivity contribution in [1.82, 2.24) is 4.90 Å². The van der Waals surface area contributed by atoms with E-state index in [0.29, 0.717) is 17.7 Å². The van der Waals surface area contributed by atoms with E-state index in [1.54, 1.807) is 24.3 Å². The number of amides is 2. The Bertz CT molecular complexity index is 707. The van der Waals surface area contributed by atoms with E-state index in [2.05, 4.69) is 19.1 Å². The zero-order valence-electron chi connectivity index (χ0n) is 13.1. The lowest BCUT2D eigenvalue weighted by atomic mass is 10.1. The summed E-state index contributed by atoms with van der Waals surface area (Å²) < 4.78 is 0. The van der Waals surface area contributed by atoms with Gasteiger partial charge >= 0.3 is 0 Å². The quantitative estimate of drug-likeness (QED) is 0.592. The van der Waals surface area contributed by atoms with Crippen molar-refractivity contribution >= 4 is 23.6 Å². The molecule has 0 aromatic heterocycles. The maximum atomic E-state index is 12.4. The van der Waals surface area contributed by atoms with Crippen molar-refractivity contribution in [3.8, 4) is 0 Å². The fourth-order valence-electron chi connectivity index (χ4n) is 2.72. The van der Waals surface area contributed by atoms with Crippen molar-refractivity contribution in [3.63, 3.8) is 0 Å². The summed E-state index contributed by atoms with van der Waals surface area (Å²) in [6.45, 7) is 2.50. The Morgan fingerprint density at radius 1 is 0.913 bits per heavy atom. The van der Waals surface area contributed by atoms with Crippen LogP contribution in [0, 0.1) is 0 Å². The molecule has 4 heteroatoms. The molecule has 0 N–H and O–H groups in total. The normalized spacial score (nSPS) is 13.5. The second kappa shape index (κ2) is 7.01. The fraction of sp³-hybridized carbons (Fsp3) is 0.263. The van der Waals surface area contributed by atoms with Crippen molar-refractivity contribution < 1.29 is 9.59 Å². The summed E-state index contributed by atoms with van der Waals surface area (Å²) in [5, 5.41) is 0. The van der Waals surface area contributed by atoms with Crippen LogP contribution in [-0.4, -0.2) is 22.5 Å². The first kappa shape index (κ1) is 15.8. The molecule has 3 nitrogen and oxygen atoms in total. The zero-order valence-corrected chi connectivity index (χ0v) is 13.9. The van der Waals surface area contributed by atoms with Gasteiger partial charge in [0.1, 0.15) is 0 Å². The Hall–Kier alpha value is -2.07. The fourth-order valence-corrected chi connectivity index (χ4v) is 3.57. The predicted molar refractivity (Wildman–Crippen MR) is 93.5 cm³/mol. The van der Waals surface area contributed by atoms with E-state index in [9.17, 15) is 9.59 Å². The van der Waals surface area contributed by atoms with E-state index in [-0.39, 0.29) is 11.8 Å². The average molecular weight is 325 g/mol. The first-order valence-electron chi connectivity index (χ1n) is 7.81. The van der Waals surface area contributed by atoms with Gasteiger partial charge in [-0.25, -0.2) is 0 Å². The van der Waals surface area contributed by atoms with Gasteiger partial charge in [0.15, 0.2) is 0 Å². The lowest BCUT2D eigenvalue weighted by Crippen LogP contribution is -2.29. The van der Waals surface area contributed by atoms with Gasteiger partial charge in [-0.2, -0.15) is 11.8 Å². The second-order valence-corrected chi connectivity index (χ2v) is 6.72. The minimum Gasteiger partial charge on any atom is -0.270 e. The number of nitrogens with zero attached hydrogens (tertiary/aromatic N) is 1. The van der Waals surface area contributed by atoms with Gasteiger partial charge in [-0.15, -0.1) is 0 Å². The summed E-state index contributed by atoms with van der Waals surface area (Å²) in [5.74, 6) is 1.71. The monoisotopic (exact) mass is 325 g/mol. The third-order valence-electron chi connectivity index (χ3n) is 3.83. The Balaban J connectivity index is 1.74. The number of hydrogen-bond donors (Lipinski definition) is 0. The van der Waals surface area contributed by atoms with Crippen LogP contribution in [0.5, 0.6) is 0 Å². The molecular formula is C19H19NO2S. The Kier molecular flexibility index (Phi) is 4.82. The van der Waals surface area contributed by atoms with E-state index in [4.69, 9.17) is 0 Å². The highest BCUT2D eigenvalue weighted by Crippen LogP contribution is 2.24. The van der Waals surface area contributed by atoms with Gasteiger partial charge in [0.05, 0.1) is 17.7 Å². The van der Waals surface area contributed by atoms with E-state index in [1.807, 2.05) is 23.9 Å². The molecule has 118 valence electrons. The summed E-state index contributed by atoms with van der Waals surface area (Å²) in [7, 11) is 0. The molecule has 0 aliphatic carbocycles. The van der Waals surface area contributed by atoms with E-state index in [0.717, 1.165) is 17.1 Å². The Morgan fingerprint density at radius 2 is 1.57 bits per heavy atom. The van der Waals surface area contributed by atoms with Crippen LogP contribution in [0.15, 0.2) is 48.5 Å². The number of fused-ring (bicyclic) bond motifs is 1. The number of benzene rings is 2. The standard InChI is InChI=1S/C19H19NO2S/c1-2-10-23-13-15-7-5-6-14(11-15)12-20-18(21)16-8-3-4-9-17(16)19(20)22/h3-9,11H,2,10,12-13H2,1H3. The summed E-state index contributed by atoms with van der Waals surface area (Å²) >= 11 is 1.90. The summed E-state index contributed by atoms with van der Waals surface area (Å²) in [4.78, 5) is 26.2. The second-order valence-electron chi connectivity index (χ2n) is 5.61. The minimum absolute atomic E-state index is 0.198. The number of thioether (sulfide) groups is 1. The van der Waals surface area contributed by atoms with Gasteiger partial charge in [0.2, 0.25) is 0 Å². The maximum Gasteiger partial charge on any atom is 0.261 e. The van der Waals surface area contributed by atoms with Gasteiger partial charge in [-0.1, -0.05) is 43.3 Å². The molecular weight excluding hydrogens is 306 g/mol. The molecule has 0 saturated carbocycles. The van der Waals surface area contributed by atoms with Crippen LogP contribution in [0.1, 0.15) is 45.2 Å². The molecule has 1 heterocycles. The topological polar surface area (TPSA) is 37.4 Å². The van der Waals surface area contributed by atoms with Gasteiger partial charge in [-0.3, -0.25) is 14.5 Å². The van der Waals surface area contributed by atoms with Crippen LogP contribution in [0.25, 0.3) is 0 Å². The van der Waals surface area contributed by atoms with Crippen molar-refractivity contribution in [2.75, 3.05) is 5.75 Å². The van der Waals surface area contributed by atoms with Gasteiger partial charge in [-0.05, 0) is 35.4 Å². The lowest BCUT2D eigenvalue weighted by molar-refractivity contribution is 0.0642. The third kappa shape index (κ3) is 3.32. The molecule has 0 unspecified atom stereocenters. The Morgan fingerprint density at radius 3 is 2.22 bits per heavy atom. The maximum absolute atomic E-state index is 12.4. The van der Waals surface area contributed by atoms with Crippen molar-refractivity contribution in [1.29, 1.82) is 0 Å². The highest BCUT2D eigenvalue weighted by atomic mass is 32.2. The number of hydrogen-bond acceptors (Lipinski definition) is 3. The van der Waals surface area contributed by atoms with Gasteiger partial charge in [0, 0.05) is 5.75 Å².